The highest BCUT2D eigenvalue weighted by atomic mass is 19.1. The van der Waals surface area contributed by atoms with Gasteiger partial charge in [0.2, 0.25) is 11.8 Å². The summed E-state index contributed by atoms with van der Waals surface area (Å²) in [4.78, 5) is 28.0. The van der Waals surface area contributed by atoms with Gasteiger partial charge < -0.3 is 10.2 Å². The van der Waals surface area contributed by atoms with Crippen molar-refractivity contribution >= 4 is 17.5 Å². The van der Waals surface area contributed by atoms with Crippen LogP contribution in [0.3, 0.4) is 0 Å². The number of benzene rings is 3. The Kier molecular flexibility index (Phi) is 5.61. The fourth-order valence-electron chi connectivity index (χ4n) is 4.12. The van der Waals surface area contributed by atoms with Crippen molar-refractivity contribution in [3.8, 4) is 0 Å². The molecule has 4 rings (SSSR count). The standard InChI is InChI=1S/C25H23FN2O2/c1-2-20(17-9-5-3-6-10-17)25(30)28-16-23(29)27-22-14-13-19(26)15-21(22)24(28)18-11-7-4-8-12-18/h3-15,20,24H,2,16H2,1H3,(H,27,29)/t20-,24+/m0/s1. The second kappa shape index (κ2) is 8.49. The van der Waals surface area contributed by atoms with Crippen LogP contribution in [0.2, 0.25) is 0 Å². The van der Waals surface area contributed by atoms with Crippen LogP contribution in [0, 0.1) is 5.82 Å². The third-order valence-electron chi connectivity index (χ3n) is 5.51. The molecule has 2 amide bonds. The van der Waals surface area contributed by atoms with E-state index in [0.717, 1.165) is 11.1 Å². The highest BCUT2D eigenvalue weighted by Gasteiger charge is 2.36. The van der Waals surface area contributed by atoms with Crippen LogP contribution in [0.25, 0.3) is 0 Å². The molecular formula is C25H23FN2O2. The number of hydrogen-bond donors (Lipinski definition) is 1. The Hall–Kier alpha value is -3.47. The quantitative estimate of drug-likeness (QED) is 0.676. The van der Waals surface area contributed by atoms with E-state index in [0.29, 0.717) is 17.7 Å². The van der Waals surface area contributed by atoms with E-state index in [-0.39, 0.29) is 24.3 Å². The third-order valence-corrected chi connectivity index (χ3v) is 5.51. The topological polar surface area (TPSA) is 49.4 Å². The Morgan fingerprint density at radius 2 is 1.73 bits per heavy atom. The Balaban J connectivity index is 1.85. The number of nitrogens with zero attached hydrogens (tertiary/aromatic N) is 1. The van der Waals surface area contributed by atoms with Gasteiger partial charge in [0, 0.05) is 11.3 Å². The SMILES string of the molecule is CC[C@H](C(=O)N1CC(=O)Nc2ccc(F)cc2[C@H]1c1ccccc1)c1ccccc1. The summed E-state index contributed by atoms with van der Waals surface area (Å²) in [6, 6.07) is 22.7. The van der Waals surface area contributed by atoms with Crippen LogP contribution in [0.5, 0.6) is 0 Å². The molecule has 5 heteroatoms. The van der Waals surface area contributed by atoms with Gasteiger partial charge in [-0.1, -0.05) is 67.6 Å². The van der Waals surface area contributed by atoms with Crippen LogP contribution in [0.1, 0.15) is 42.0 Å². The lowest BCUT2D eigenvalue weighted by atomic mass is 9.91. The zero-order valence-corrected chi connectivity index (χ0v) is 16.7. The Bertz CT molecular complexity index is 1050. The summed E-state index contributed by atoms with van der Waals surface area (Å²) in [5.41, 5.74) is 2.83. The lowest BCUT2D eigenvalue weighted by Gasteiger charge is -2.33. The minimum absolute atomic E-state index is 0.0992. The van der Waals surface area contributed by atoms with Crippen LogP contribution in [-0.4, -0.2) is 23.3 Å². The molecular weight excluding hydrogens is 379 g/mol. The molecule has 0 saturated carbocycles. The van der Waals surface area contributed by atoms with E-state index in [9.17, 15) is 14.0 Å². The molecule has 0 aliphatic carbocycles. The molecule has 0 fully saturated rings. The van der Waals surface area contributed by atoms with E-state index in [1.54, 1.807) is 11.0 Å². The van der Waals surface area contributed by atoms with Gasteiger partial charge in [0.1, 0.15) is 12.4 Å². The number of nitrogens with one attached hydrogen (secondary N) is 1. The summed E-state index contributed by atoms with van der Waals surface area (Å²) in [7, 11) is 0. The zero-order valence-electron chi connectivity index (χ0n) is 16.7. The molecule has 0 aromatic heterocycles. The summed E-state index contributed by atoms with van der Waals surface area (Å²) in [5.74, 6) is -1.24. The fourth-order valence-corrected chi connectivity index (χ4v) is 4.12. The van der Waals surface area contributed by atoms with Gasteiger partial charge in [-0.15, -0.1) is 0 Å². The van der Waals surface area contributed by atoms with Crippen LogP contribution in [0.4, 0.5) is 10.1 Å². The molecule has 1 heterocycles. The maximum atomic E-state index is 14.2. The second-order valence-electron chi connectivity index (χ2n) is 7.43. The van der Waals surface area contributed by atoms with E-state index in [1.165, 1.54) is 12.1 Å². The lowest BCUT2D eigenvalue weighted by Crippen LogP contribution is -2.41. The highest BCUT2D eigenvalue weighted by molar-refractivity contribution is 5.98. The molecule has 1 aliphatic heterocycles. The number of amides is 2. The number of hydrogen-bond acceptors (Lipinski definition) is 2. The predicted molar refractivity (Wildman–Crippen MR) is 115 cm³/mol. The number of carbonyl (C=O) groups excluding carboxylic acids is 2. The molecule has 0 saturated heterocycles. The summed E-state index contributed by atoms with van der Waals surface area (Å²) in [6.45, 7) is 1.86. The first-order chi connectivity index (χ1) is 14.6. The van der Waals surface area contributed by atoms with Gasteiger partial charge in [0.15, 0.2) is 0 Å². The number of rotatable bonds is 4. The average molecular weight is 402 g/mol. The molecule has 30 heavy (non-hydrogen) atoms. The van der Waals surface area contributed by atoms with Crippen LogP contribution in [-0.2, 0) is 9.59 Å². The molecule has 4 nitrogen and oxygen atoms in total. The predicted octanol–water partition coefficient (Wildman–Crippen LogP) is 4.89. The van der Waals surface area contributed by atoms with Crippen LogP contribution in [0.15, 0.2) is 78.9 Å². The Morgan fingerprint density at radius 1 is 1.07 bits per heavy atom. The summed E-state index contributed by atoms with van der Waals surface area (Å²) < 4.78 is 14.2. The maximum Gasteiger partial charge on any atom is 0.244 e. The minimum Gasteiger partial charge on any atom is -0.324 e. The fraction of sp³-hybridized carbons (Fsp3) is 0.200. The van der Waals surface area contributed by atoms with E-state index in [1.807, 2.05) is 67.6 Å². The van der Waals surface area contributed by atoms with Gasteiger partial charge in [0.25, 0.3) is 0 Å². The average Bonchev–Trinajstić information content (AvgIpc) is 2.91. The van der Waals surface area contributed by atoms with Gasteiger partial charge in [0.05, 0.1) is 12.0 Å². The molecule has 0 unspecified atom stereocenters. The van der Waals surface area contributed by atoms with Gasteiger partial charge in [-0.05, 0) is 35.7 Å². The Morgan fingerprint density at radius 3 is 2.40 bits per heavy atom. The third kappa shape index (κ3) is 3.83. The number of carbonyl (C=O) groups is 2. The first kappa shape index (κ1) is 19.8. The summed E-state index contributed by atoms with van der Waals surface area (Å²) in [5, 5.41) is 2.83. The molecule has 0 bridgehead atoms. The molecule has 152 valence electrons. The summed E-state index contributed by atoms with van der Waals surface area (Å²) in [6.07, 6.45) is 0.596. The van der Waals surface area contributed by atoms with Gasteiger partial charge >= 0.3 is 0 Å². The van der Waals surface area contributed by atoms with Crippen molar-refractivity contribution in [3.63, 3.8) is 0 Å². The molecule has 0 spiro atoms. The van der Waals surface area contributed by atoms with Gasteiger partial charge in [-0.3, -0.25) is 9.59 Å². The van der Waals surface area contributed by atoms with Gasteiger partial charge in [-0.25, -0.2) is 4.39 Å². The molecule has 0 radical (unpaired) electrons. The number of anilines is 1. The zero-order chi connectivity index (χ0) is 21.1. The van der Waals surface area contributed by atoms with Crippen molar-refractivity contribution in [2.45, 2.75) is 25.3 Å². The van der Waals surface area contributed by atoms with Crippen molar-refractivity contribution in [2.24, 2.45) is 0 Å². The maximum absolute atomic E-state index is 14.2. The molecule has 3 aromatic carbocycles. The summed E-state index contributed by atoms with van der Waals surface area (Å²) >= 11 is 0. The first-order valence-corrected chi connectivity index (χ1v) is 10.1. The molecule has 1 aliphatic rings. The van der Waals surface area contributed by atoms with Crippen molar-refractivity contribution in [3.05, 3.63) is 101 Å². The molecule has 2 atom stereocenters. The normalized spacial score (nSPS) is 16.9. The van der Waals surface area contributed by atoms with Crippen molar-refractivity contribution in [1.82, 2.24) is 4.90 Å². The lowest BCUT2D eigenvalue weighted by molar-refractivity contribution is -0.137. The number of halogens is 1. The smallest absolute Gasteiger partial charge is 0.244 e. The van der Waals surface area contributed by atoms with E-state index in [4.69, 9.17) is 0 Å². The van der Waals surface area contributed by atoms with Gasteiger partial charge in [-0.2, -0.15) is 0 Å². The van der Waals surface area contributed by atoms with Crippen molar-refractivity contribution < 1.29 is 14.0 Å². The minimum atomic E-state index is -0.568. The van der Waals surface area contributed by atoms with Crippen LogP contribution < -0.4 is 5.32 Å². The second-order valence-corrected chi connectivity index (χ2v) is 7.43. The Labute approximate surface area is 175 Å². The number of fused-ring (bicyclic) bond motifs is 1. The molecule has 1 N–H and O–H groups in total. The van der Waals surface area contributed by atoms with Crippen molar-refractivity contribution in [1.29, 1.82) is 0 Å². The van der Waals surface area contributed by atoms with Crippen LogP contribution >= 0.6 is 0 Å². The van der Waals surface area contributed by atoms with Crippen molar-refractivity contribution in [2.75, 3.05) is 11.9 Å². The highest BCUT2D eigenvalue weighted by Crippen LogP contribution is 2.38. The van der Waals surface area contributed by atoms with E-state index >= 15 is 0 Å². The first-order valence-electron chi connectivity index (χ1n) is 10.1. The monoisotopic (exact) mass is 402 g/mol. The molecule has 3 aromatic rings. The van der Waals surface area contributed by atoms with E-state index in [2.05, 4.69) is 5.32 Å². The largest absolute Gasteiger partial charge is 0.324 e. The van der Waals surface area contributed by atoms with E-state index < -0.39 is 11.9 Å².